The standard InChI is InChI=1S/C11H17F3O/c1-3-5-8(2)9(15)10(6-4-7-10)11(12,13)14/h8H,3-7H2,1-2H3. The fraction of sp³-hybridized carbons (Fsp3) is 0.909. The molecule has 0 heterocycles. The van der Waals surface area contributed by atoms with Gasteiger partial charge in [-0.25, -0.2) is 0 Å². The smallest absolute Gasteiger partial charge is 0.298 e. The molecule has 0 N–H and O–H groups in total. The highest BCUT2D eigenvalue weighted by Gasteiger charge is 2.63. The average Bonchev–Trinajstić information content (AvgIpc) is 1.99. The molecule has 4 heteroatoms. The lowest BCUT2D eigenvalue weighted by atomic mass is 9.62. The van der Waals surface area contributed by atoms with Gasteiger partial charge in [-0.3, -0.25) is 4.79 Å². The predicted molar refractivity (Wildman–Crippen MR) is 51.4 cm³/mol. The molecule has 0 saturated heterocycles. The molecule has 0 aromatic heterocycles. The van der Waals surface area contributed by atoms with Crippen molar-refractivity contribution in [3.63, 3.8) is 0 Å². The Bertz CT molecular complexity index is 241. The second kappa shape index (κ2) is 4.14. The second-order valence-corrected chi connectivity index (χ2v) is 4.49. The van der Waals surface area contributed by atoms with Crippen molar-refractivity contribution in [3.05, 3.63) is 0 Å². The highest BCUT2D eigenvalue weighted by Crippen LogP contribution is 2.54. The third-order valence-electron chi connectivity index (χ3n) is 3.39. The monoisotopic (exact) mass is 222 g/mol. The number of alkyl halides is 3. The molecule has 0 aromatic rings. The van der Waals surface area contributed by atoms with Crippen LogP contribution in [0.5, 0.6) is 0 Å². The van der Waals surface area contributed by atoms with Gasteiger partial charge in [0.15, 0.2) is 5.78 Å². The van der Waals surface area contributed by atoms with Crippen LogP contribution in [0.15, 0.2) is 0 Å². The highest BCUT2D eigenvalue weighted by molar-refractivity contribution is 5.88. The number of halogens is 3. The molecule has 0 aromatic carbocycles. The normalized spacial score (nSPS) is 21.9. The molecule has 0 spiro atoms. The van der Waals surface area contributed by atoms with Gasteiger partial charge in [-0.05, 0) is 19.3 Å². The molecule has 1 unspecified atom stereocenters. The predicted octanol–water partition coefficient (Wildman–Crippen LogP) is 3.72. The molecule has 1 rings (SSSR count). The summed E-state index contributed by atoms with van der Waals surface area (Å²) < 4.78 is 38.4. The summed E-state index contributed by atoms with van der Waals surface area (Å²) in [5, 5.41) is 0. The van der Waals surface area contributed by atoms with Crippen molar-refractivity contribution in [2.45, 2.75) is 52.1 Å². The maximum atomic E-state index is 12.8. The Hall–Kier alpha value is -0.540. The van der Waals surface area contributed by atoms with E-state index in [0.29, 0.717) is 12.8 Å². The number of hydrogen-bond donors (Lipinski definition) is 0. The van der Waals surface area contributed by atoms with Crippen molar-refractivity contribution >= 4 is 5.78 Å². The van der Waals surface area contributed by atoms with Crippen LogP contribution >= 0.6 is 0 Å². The minimum absolute atomic E-state index is 0.0105. The van der Waals surface area contributed by atoms with Gasteiger partial charge in [-0.1, -0.05) is 26.7 Å². The SMILES string of the molecule is CCCC(C)C(=O)C1(C(F)(F)F)CCC1. The zero-order valence-corrected chi connectivity index (χ0v) is 9.16. The van der Waals surface area contributed by atoms with Crippen LogP contribution in [0, 0.1) is 11.3 Å². The van der Waals surface area contributed by atoms with E-state index in [1.165, 1.54) is 0 Å². The Morgan fingerprint density at radius 1 is 1.40 bits per heavy atom. The zero-order valence-electron chi connectivity index (χ0n) is 9.16. The molecular formula is C11H17F3O. The topological polar surface area (TPSA) is 17.1 Å². The summed E-state index contributed by atoms with van der Waals surface area (Å²) in [6.07, 6.45) is -2.56. The van der Waals surface area contributed by atoms with Gasteiger partial charge in [-0.2, -0.15) is 13.2 Å². The van der Waals surface area contributed by atoms with E-state index in [0.717, 1.165) is 6.42 Å². The fourth-order valence-corrected chi connectivity index (χ4v) is 2.24. The highest BCUT2D eigenvalue weighted by atomic mass is 19.4. The van der Waals surface area contributed by atoms with E-state index in [2.05, 4.69) is 0 Å². The van der Waals surface area contributed by atoms with Gasteiger partial charge in [0.2, 0.25) is 0 Å². The summed E-state index contributed by atoms with van der Waals surface area (Å²) in [6.45, 7) is 3.49. The molecule has 0 amide bonds. The number of Topliss-reactive ketones (excluding diaryl/α,β-unsaturated/α-hetero) is 1. The first-order valence-electron chi connectivity index (χ1n) is 5.46. The fourth-order valence-electron chi connectivity index (χ4n) is 2.24. The van der Waals surface area contributed by atoms with E-state index in [1.807, 2.05) is 6.92 Å². The minimum atomic E-state index is -4.36. The molecule has 0 radical (unpaired) electrons. The summed E-state index contributed by atoms with van der Waals surface area (Å²) in [5.74, 6) is -1.06. The summed E-state index contributed by atoms with van der Waals surface area (Å²) in [4.78, 5) is 11.8. The average molecular weight is 222 g/mol. The van der Waals surface area contributed by atoms with Crippen LogP contribution in [0.2, 0.25) is 0 Å². The van der Waals surface area contributed by atoms with Crippen molar-refractivity contribution < 1.29 is 18.0 Å². The van der Waals surface area contributed by atoms with Gasteiger partial charge < -0.3 is 0 Å². The van der Waals surface area contributed by atoms with Crippen molar-refractivity contribution in [2.24, 2.45) is 11.3 Å². The number of carbonyl (C=O) groups is 1. The number of rotatable bonds is 4. The minimum Gasteiger partial charge on any atom is -0.298 e. The summed E-state index contributed by atoms with van der Waals surface area (Å²) in [7, 11) is 0. The molecule has 0 aliphatic heterocycles. The van der Waals surface area contributed by atoms with Gasteiger partial charge in [0.05, 0.1) is 0 Å². The van der Waals surface area contributed by atoms with Crippen molar-refractivity contribution in [1.82, 2.24) is 0 Å². The molecule has 1 fully saturated rings. The molecule has 1 saturated carbocycles. The maximum Gasteiger partial charge on any atom is 0.401 e. The van der Waals surface area contributed by atoms with E-state index >= 15 is 0 Å². The zero-order chi connectivity index (χ0) is 11.7. The van der Waals surface area contributed by atoms with Gasteiger partial charge in [0.1, 0.15) is 5.41 Å². The Morgan fingerprint density at radius 3 is 2.20 bits per heavy atom. The van der Waals surface area contributed by atoms with Gasteiger partial charge in [0, 0.05) is 5.92 Å². The molecule has 1 aliphatic rings. The Morgan fingerprint density at radius 2 is 1.93 bits per heavy atom. The first-order chi connectivity index (χ1) is 6.85. The third-order valence-corrected chi connectivity index (χ3v) is 3.39. The van der Waals surface area contributed by atoms with Crippen molar-refractivity contribution in [1.29, 1.82) is 0 Å². The third kappa shape index (κ3) is 2.04. The number of ketones is 1. The van der Waals surface area contributed by atoms with Gasteiger partial charge in [-0.15, -0.1) is 0 Å². The second-order valence-electron chi connectivity index (χ2n) is 4.49. The molecule has 1 atom stereocenters. The van der Waals surface area contributed by atoms with Crippen LogP contribution in [0.1, 0.15) is 46.0 Å². The van der Waals surface area contributed by atoms with Gasteiger partial charge >= 0.3 is 6.18 Å². The largest absolute Gasteiger partial charge is 0.401 e. The van der Waals surface area contributed by atoms with Crippen LogP contribution in [-0.4, -0.2) is 12.0 Å². The van der Waals surface area contributed by atoms with E-state index in [-0.39, 0.29) is 12.8 Å². The molecular weight excluding hydrogens is 205 g/mol. The van der Waals surface area contributed by atoms with E-state index < -0.39 is 23.3 Å². The first kappa shape index (κ1) is 12.5. The summed E-state index contributed by atoms with van der Waals surface area (Å²) in [5.41, 5.74) is -2.00. The van der Waals surface area contributed by atoms with E-state index in [9.17, 15) is 18.0 Å². The molecule has 88 valence electrons. The van der Waals surface area contributed by atoms with E-state index in [1.54, 1.807) is 6.92 Å². The maximum absolute atomic E-state index is 12.8. The van der Waals surface area contributed by atoms with E-state index in [4.69, 9.17) is 0 Å². The van der Waals surface area contributed by atoms with Crippen LogP contribution < -0.4 is 0 Å². The van der Waals surface area contributed by atoms with Crippen LogP contribution in [-0.2, 0) is 4.79 Å². The first-order valence-corrected chi connectivity index (χ1v) is 5.46. The van der Waals surface area contributed by atoms with Crippen molar-refractivity contribution in [3.8, 4) is 0 Å². The summed E-state index contributed by atoms with van der Waals surface area (Å²) in [6, 6.07) is 0. The summed E-state index contributed by atoms with van der Waals surface area (Å²) >= 11 is 0. The lowest BCUT2D eigenvalue weighted by Crippen LogP contribution is -2.52. The molecule has 1 nitrogen and oxygen atoms in total. The quantitative estimate of drug-likeness (QED) is 0.708. The Balaban J connectivity index is 2.79. The lowest BCUT2D eigenvalue weighted by molar-refractivity contribution is -0.243. The molecule has 15 heavy (non-hydrogen) atoms. The molecule has 1 aliphatic carbocycles. The van der Waals surface area contributed by atoms with Crippen LogP contribution in [0.25, 0.3) is 0 Å². The van der Waals surface area contributed by atoms with Crippen LogP contribution in [0.3, 0.4) is 0 Å². The van der Waals surface area contributed by atoms with Crippen molar-refractivity contribution in [2.75, 3.05) is 0 Å². The van der Waals surface area contributed by atoms with Crippen LogP contribution in [0.4, 0.5) is 13.2 Å². The lowest BCUT2D eigenvalue weighted by Gasteiger charge is -2.43. The number of hydrogen-bond acceptors (Lipinski definition) is 1. The Labute approximate surface area is 88.0 Å². The molecule has 0 bridgehead atoms. The Kier molecular flexibility index (Phi) is 3.46. The number of carbonyl (C=O) groups excluding carboxylic acids is 1. The van der Waals surface area contributed by atoms with Gasteiger partial charge in [0.25, 0.3) is 0 Å².